The van der Waals surface area contributed by atoms with E-state index in [4.69, 9.17) is 4.52 Å². The number of benzene rings is 3. The molecule has 0 bridgehead atoms. The SMILES string of the molecule is C[n+]1cc(/N=C(/[O-])CSC2=N/C(=C/c3cccc4ccccc34)C(=O)N2c2ccccc2)on1. The first-order chi connectivity index (χ1) is 16.6. The highest BCUT2D eigenvalue weighted by Gasteiger charge is 2.32. The Morgan fingerprint density at radius 2 is 1.88 bits per heavy atom. The van der Waals surface area contributed by atoms with Gasteiger partial charge in [0.15, 0.2) is 17.5 Å². The van der Waals surface area contributed by atoms with E-state index in [1.54, 1.807) is 13.1 Å². The van der Waals surface area contributed by atoms with Crippen molar-refractivity contribution >= 4 is 57.2 Å². The lowest BCUT2D eigenvalue weighted by Crippen LogP contribution is -2.31. The molecule has 2 heterocycles. The normalized spacial score (nSPS) is 15.4. The van der Waals surface area contributed by atoms with Crippen molar-refractivity contribution in [3.8, 4) is 0 Å². The highest BCUT2D eigenvalue weighted by atomic mass is 32.2. The number of hydrogen-bond acceptors (Lipinski definition) is 7. The van der Waals surface area contributed by atoms with Gasteiger partial charge in [-0.05, 0) is 40.4 Å². The Morgan fingerprint density at radius 1 is 1.12 bits per heavy atom. The van der Waals surface area contributed by atoms with Crippen LogP contribution in [0.4, 0.5) is 11.6 Å². The second-order valence-corrected chi connectivity index (χ2v) is 8.42. The van der Waals surface area contributed by atoms with Crippen LogP contribution in [-0.4, -0.2) is 28.0 Å². The summed E-state index contributed by atoms with van der Waals surface area (Å²) in [5.41, 5.74) is 1.87. The van der Waals surface area contributed by atoms with Gasteiger partial charge in [-0.2, -0.15) is 0 Å². The third-order valence-corrected chi connectivity index (χ3v) is 6.00. The third kappa shape index (κ3) is 4.46. The Balaban J connectivity index is 1.48. The van der Waals surface area contributed by atoms with Crippen molar-refractivity contribution in [2.24, 2.45) is 17.0 Å². The summed E-state index contributed by atoms with van der Waals surface area (Å²) in [5.74, 6) is -0.569. The molecule has 0 N–H and O–H groups in total. The van der Waals surface area contributed by atoms with Crippen LogP contribution in [0.15, 0.2) is 99.2 Å². The number of aromatic nitrogens is 2. The number of amidine groups is 1. The molecule has 4 aromatic rings. The molecule has 0 unspecified atom stereocenters. The van der Waals surface area contributed by atoms with Crippen LogP contribution in [0.25, 0.3) is 16.8 Å². The zero-order valence-electron chi connectivity index (χ0n) is 18.2. The van der Waals surface area contributed by atoms with Gasteiger partial charge in [0.25, 0.3) is 12.1 Å². The second-order valence-electron chi connectivity index (χ2n) is 7.48. The average Bonchev–Trinajstić information content (AvgIpc) is 3.40. The quantitative estimate of drug-likeness (QED) is 0.193. The molecule has 0 atom stereocenters. The summed E-state index contributed by atoms with van der Waals surface area (Å²) in [6.07, 6.45) is 3.29. The number of rotatable bonds is 5. The van der Waals surface area contributed by atoms with Crippen molar-refractivity contribution in [3.05, 3.63) is 90.3 Å². The van der Waals surface area contributed by atoms with Gasteiger partial charge in [-0.3, -0.25) is 14.2 Å². The molecule has 34 heavy (non-hydrogen) atoms. The maximum atomic E-state index is 13.4. The van der Waals surface area contributed by atoms with E-state index in [1.807, 2.05) is 72.8 Å². The summed E-state index contributed by atoms with van der Waals surface area (Å²) in [6, 6.07) is 23.1. The molecular formula is C25H19N5O3S. The van der Waals surface area contributed by atoms with Gasteiger partial charge < -0.3 is 5.11 Å². The molecular weight excluding hydrogens is 450 g/mol. The Kier molecular flexibility index (Phi) is 5.92. The molecule has 0 saturated heterocycles. The molecule has 0 radical (unpaired) electrons. The van der Waals surface area contributed by atoms with Gasteiger partial charge in [0.2, 0.25) is 0 Å². The topological polar surface area (TPSA) is 98.0 Å². The summed E-state index contributed by atoms with van der Waals surface area (Å²) in [4.78, 5) is 23.4. The first kappa shape index (κ1) is 21.6. The maximum Gasteiger partial charge on any atom is 0.320 e. The summed E-state index contributed by atoms with van der Waals surface area (Å²) >= 11 is 1.14. The number of carbonyl (C=O) groups excluding carboxylic acids is 1. The van der Waals surface area contributed by atoms with Crippen LogP contribution in [0.5, 0.6) is 0 Å². The van der Waals surface area contributed by atoms with Gasteiger partial charge in [0.1, 0.15) is 5.70 Å². The number of amides is 1. The van der Waals surface area contributed by atoms with Crippen molar-refractivity contribution in [1.82, 2.24) is 5.27 Å². The first-order valence-corrected chi connectivity index (χ1v) is 11.4. The van der Waals surface area contributed by atoms with Gasteiger partial charge in [0.05, 0.1) is 5.69 Å². The minimum absolute atomic E-state index is 0.0125. The summed E-state index contributed by atoms with van der Waals surface area (Å²) in [7, 11) is 1.67. The monoisotopic (exact) mass is 469 g/mol. The zero-order valence-corrected chi connectivity index (χ0v) is 19.0. The number of aliphatic imine (C=N–C) groups is 2. The van der Waals surface area contributed by atoms with Crippen LogP contribution < -0.4 is 14.7 Å². The number of aryl methyl sites for hydroxylation is 1. The smallest absolute Gasteiger partial charge is 0.320 e. The van der Waals surface area contributed by atoms with Gasteiger partial charge in [-0.1, -0.05) is 77.1 Å². The van der Waals surface area contributed by atoms with E-state index >= 15 is 0 Å². The Hall–Kier alpha value is -4.24. The number of fused-ring (bicyclic) bond motifs is 1. The molecule has 9 heteroatoms. The molecule has 8 nitrogen and oxygen atoms in total. The van der Waals surface area contributed by atoms with Crippen molar-refractivity contribution in [2.45, 2.75) is 0 Å². The van der Waals surface area contributed by atoms with Gasteiger partial charge in [-0.25, -0.2) is 9.98 Å². The number of carbonyl (C=O) groups is 1. The minimum Gasteiger partial charge on any atom is -0.861 e. The molecule has 3 aromatic carbocycles. The number of anilines is 1. The van der Waals surface area contributed by atoms with Gasteiger partial charge >= 0.3 is 5.88 Å². The second kappa shape index (κ2) is 9.32. The van der Waals surface area contributed by atoms with Crippen LogP contribution >= 0.6 is 11.8 Å². The third-order valence-electron chi connectivity index (χ3n) is 5.08. The van der Waals surface area contributed by atoms with Crippen LogP contribution in [0, 0.1) is 0 Å². The van der Waals surface area contributed by atoms with E-state index < -0.39 is 5.90 Å². The van der Waals surface area contributed by atoms with Crippen LogP contribution in [0.2, 0.25) is 0 Å². The number of para-hydroxylation sites is 1. The highest BCUT2D eigenvalue weighted by molar-refractivity contribution is 8.14. The van der Waals surface area contributed by atoms with Crippen molar-refractivity contribution < 1.29 is 19.1 Å². The molecule has 1 aliphatic heterocycles. The van der Waals surface area contributed by atoms with Crippen molar-refractivity contribution in [3.63, 3.8) is 0 Å². The zero-order chi connectivity index (χ0) is 23.5. The summed E-state index contributed by atoms with van der Waals surface area (Å²) < 4.78 is 6.36. The van der Waals surface area contributed by atoms with Crippen molar-refractivity contribution in [2.75, 3.05) is 10.7 Å². The van der Waals surface area contributed by atoms with Crippen LogP contribution in [0.1, 0.15) is 5.56 Å². The largest absolute Gasteiger partial charge is 0.861 e. The fourth-order valence-electron chi connectivity index (χ4n) is 3.57. The summed E-state index contributed by atoms with van der Waals surface area (Å²) in [6.45, 7) is 0. The average molecular weight is 470 g/mol. The molecule has 0 aliphatic carbocycles. The Morgan fingerprint density at radius 3 is 2.68 bits per heavy atom. The van der Waals surface area contributed by atoms with E-state index in [0.29, 0.717) is 16.6 Å². The van der Waals surface area contributed by atoms with Crippen LogP contribution in [-0.2, 0) is 11.8 Å². The lowest BCUT2D eigenvalue weighted by Gasteiger charge is -2.18. The molecule has 1 aliphatic rings. The van der Waals surface area contributed by atoms with Gasteiger partial charge in [0, 0.05) is 5.75 Å². The molecule has 0 fully saturated rings. The first-order valence-electron chi connectivity index (χ1n) is 10.5. The van der Waals surface area contributed by atoms with E-state index in [-0.39, 0.29) is 17.5 Å². The summed E-state index contributed by atoms with van der Waals surface area (Å²) in [5, 5.41) is 18.5. The number of hydrogen-bond donors (Lipinski definition) is 0. The number of nitrogens with zero attached hydrogens (tertiary/aromatic N) is 5. The molecule has 0 saturated carbocycles. The number of thioether (sulfide) groups is 1. The van der Waals surface area contributed by atoms with Gasteiger partial charge in [-0.15, -0.1) is 0 Å². The fourth-order valence-corrected chi connectivity index (χ4v) is 4.36. The molecule has 5 rings (SSSR count). The predicted octanol–water partition coefficient (Wildman–Crippen LogP) is 3.22. The van der Waals surface area contributed by atoms with Crippen LogP contribution in [0.3, 0.4) is 0 Å². The molecule has 1 amide bonds. The Bertz CT molecular complexity index is 1450. The predicted molar refractivity (Wildman–Crippen MR) is 131 cm³/mol. The van der Waals surface area contributed by atoms with E-state index in [9.17, 15) is 9.90 Å². The van der Waals surface area contributed by atoms with E-state index in [2.05, 4.69) is 15.3 Å². The minimum atomic E-state index is -0.420. The Labute approximate surface area is 199 Å². The van der Waals surface area contributed by atoms with E-state index in [1.165, 1.54) is 15.8 Å². The lowest BCUT2D eigenvalue weighted by molar-refractivity contribution is -0.739. The van der Waals surface area contributed by atoms with Crippen molar-refractivity contribution in [1.29, 1.82) is 0 Å². The standard InChI is InChI=1S/C25H19N5O3S/c1-29-15-23(33-28-29)27-22(31)16-34-25-26-21(24(32)30(25)19-11-3-2-4-12-19)14-18-10-7-9-17-8-5-6-13-20(17)18/h2-15H,16H2,1H3/b21-14+. The van der Waals surface area contributed by atoms with E-state index in [0.717, 1.165) is 28.1 Å². The molecule has 168 valence electrons. The highest BCUT2D eigenvalue weighted by Crippen LogP contribution is 2.30. The fraction of sp³-hybridized carbons (Fsp3) is 0.0800. The lowest BCUT2D eigenvalue weighted by atomic mass is 10.0. The molecule has 1 aromatic heterocycles. The maximum absolute atomic E-state index is 13.4. The molecule has 0 spiro atoms.